The Labute approximate surface area is 119 Å². The molecule has 0 radical (unpaired) electrons. The third-order valence-electron chi connectivity index (χ3n) is 4.09. The van der Waals surface area contributed by atoms with Gasteiger partial charge in [0.15, 0.2) is 0 Å². The molecule has 1 unspecified atom stereocenters. The first-order valence-corrected chi connectivity index (χ1v) is 7.56. The molecule has 4 nitrogen and oxygen atoms in total. The molecule has 4 heteroatoms. The minimum Gasteiger partial charge on any atom is -0.488 e. The van der Waals surface area contributed by atoms with Gasteiger partial charge in [-0.2, -0.15) is 0 Å². The summed E-state index contributed by atoms with van der Waals surface area (Å²) in [5.74, 6) is 1.09. The molecule has 1 aromatic rings. The lowest BCUT2D eigenvalue weighted by molar-refractivity contribution is -0.120. The van der Waals surface area contributed by atoms with Gasteiger partial charge in [-0.15, -0.1) is 0 Å². The van der Waals surface area contributed by atoms with Crippen LogP contribution < -0.4 is 15.4 Å². The van der Waals surface area contributed by atoms with Crippen LogP contribution in [0.15, 0.2) is 24.3 Å². The Morgan fingerprint density at radius 2 is 2.05 bits per heavy atom. The number of ether oxygens (including phenoxy) is 1. The Kier molecular flexibility index (Phi) is 4.21. The molecule has 108 valence electrons. The number of carbonyl (C=O) groups excluding carboxylic acids is 1. The minimum absolute atomic E-state index is 0.104. The van der Waals surface area contributed by atoms with Crippen LogP contribution in [0.1, 0.15) is 31.2 Å². The molecule has 0 spiro atoms. The first kappa shape index (κ1) is 13.4. The van der Waals surface area contributed by atoms with Crippen molar-refractivity contribution in [3.8, 4) is 5.75 Å². The fourth-order valence-corrected chi connectivity index (χ4v) is 3.06. The van der Waals surface area contributed by atoms with Crippen molar-refractivity contribution in [3.05, 3.63) is 29.8 Å². The lowest BCUT2D eigenvalue weighted by Crippen LogP contribution is -2.41. The van der Waals surface area contributed by atoms with Gasteiger partial charge in [0.1, 0.15) is 11.9 Å². The topological polar surface area (TPSA) is 50.4 Å². The van der Waals surface area contributed by atoms with Crippen molar-refractivity contribution in [1.29, 1.82) is 0 Å². The zero-order valence-electron chi connectivity index (χ0n) is 11.7. The number of para-hydroxylation sites is 1. The van der Waals surface area contributed by atoms with Gasteiger partial charge in [0.05, 0.1) is 6.54 Å². The highest BCUT2D eigenvalue weighted by Gasteiger charge is 2.22. The number of hydrogen-bond donors (Lipinski definition) is 2. The van der Waals surface area contributed by atoms with Gasteiger partial charge in [-0.05, 0) is 24.5 Å². The maximum atomic E-state index is 11.8. The summed E-state index contributed by atoms with van der Waals surface area (Å²) in [5.41, 5.74) is 1.26. The van der Waals surface area contributed by atoms with Gasteiger partial charge in [-0.25, -0.2) is 0 Å². The maximum Gasteiger partial charge on any atom is 0.234 e. The van der Waals surface area contributed by atoms with E-state index in [1.165, 1.54) is 18.4 Å². The Bertz CT molecular complexity index is 444. The number of hydrogen-bond acceptors (Lipinski definition) is 3. The summed E-state index contributed by atoms with van der Waals surface area (Å²) in [6.07, 6.45) is 5.82. The summed E-state index contributed by atoms with van der Waals surface area (Å²) >= 11 is 0. The summed E-state index contributed by atoms with van der Waals surface area (Å²) in [4.78, 5) is 11.8. The van der Waals surface area contributed by atoms with E-state index in [1.54, 1.807) is 0 Å². The molecule has 1 heterocycles. The molecule has 1 aromatic carbocycles. The minimum atomic E-state index is 0.104. The fraction of sp³-hybridized carbons (Fsp3) is 0.562. The first-order chi connectivity index (χ1) is 9.81. The Balaban J connectivity index is 1.35. The van der Waals surface area contributed by atoms with Crippen molar-refractivity contribution in [2.45, 2.75) is 44.2 Å². The first-order valence-electron chi connectivity index (χ1n) is 7.56. The second-order valence-electron chi connectivity index (χ2n) is 5.73. The van der Waals surface area contributed by atoms with E-state index in [0.717, 1.165) is 25.0 Å². The number of carbonyl (C=O) groups is 1. The summed E-state index contributed by atoms with van der Waals surface area (Å²) in [7, 11) is 0. The molecule has 0 aromatic heterocycles. The molecule has 1 fully saturated rings. The third kappa shape index (κ3) is 3.31. The number of nitrogens with one attached hydrogen (secondary N) is 2. The second kappa shape index (κ2) is 6.27. The number of rotatable bonds is 5. The van der Waals surface area contributed by atoms with E-state index in [1.807, 2.05) is 18.2 Å². The van der Waals surface area contributed by atoms with Crippen LogP contribution in [0.2, 0.25) is 0 Å². The second-order valence-corrected chi connectivity index (χ2v) is 5.73. The van der Waals surface area contributed by atoms with E-state index < -0.39 is 0 Å². The summed E-state index contributed by atoms with van der Waals surface area (Å²) in [5, 5.41) is 6.28. The normalized spacial score (nSPS) is 21.5. The molecule has 2 aliphatic rings. The summed E-state index contributed by atoms with van der Waals surface area (Å²) < 4.78 is 5.83. The SMILES string of the molecule is O=C(CNCC1Cc2ccccc2O1)NC1CCCC1. The number of amides is 1. The van der Waals surface area contributed by atoms with Crippen molar-refractivity contribution in [3.63, 3.8) is 0 Å². The lowest BCUT2D eigenvalue weighted by atomic mass is 10.1. The van der Waals surface area contributed by atoms with Crippen LogP contribution in [0.5, 0.6) is 5.75 Å². The van der Waals surface area contributed by atoms with E-state index >= 15 is 0 Å². The molecule has 1 atom stereocenters. The molecule has 2 N–H and O–H groups in total. The predicted octanol–water partition coefficient (Wildman–Crippen LogP) is 1.64. The molecule has 20 heavy (non-hydrogen) atoms. The van der Waals surface area contributed by atoms with Crippen LogP contribution in [0.25, 0.3) is 0 Å². The standard InChI is InChI=1S/C16H22N2O2/c19-16(18-13-6-2-3-7-13)11-17-10-14-9-12-5-1-4-8-15(12)20-14/h1,4-5,8,13-14,17H,2-3,6-7,9-11H2,(H,18,19). The summed E-state index contributed by atoms with van der Waals surface area (Å²) in [6.45, 7) is 1.10. The van der Waals surface area contributed by atoms with Gasteiger partial charge in [-0.3, -0.25) is 4.79 Å². The summed E-state index contributed by atoms with van der Waals surface area (Å²) in [6, 6.07) is 8.53. The van der Waals surface area contributed by atoms with Crippen molar-refractivity contribution in [2.75, 3.05) is 13.1 Å². The average Bonchev–Trinajstić information content (AvgIpc) is 3.07. The van der Waals surface area contributed by atoms with Gasteiger partial charge in [0.2, 0.25) is 5.91 Å². The van der Waals surface area contributed by atoms with Crippen LogP contribution in [-0.4, -0.2) is 31.1 Å². The van der Waals surface area contributed by atoms with Crippen molar-refractivity contribution >= 4 is 5.91 Å². The molecule has 1 amide bonds. The Morgan fingerprint density at radius 3 is 2.85 bits per heavy atom. The molecule has 1 saturated carbocycles. The molecule has 0 bridgehead atoms. The van der Waals surface area contributed by atoms with Crippen LogP contribution in [0.3, 0.4) is 0 Å². The zero-order chi connectivity index (χ0) is 13.8. The number of fused-ring (bicyclic) bond motifs is 1. The van der Waals surface area contributed by atoms with E-state index in [-0.39, 0.29) is 12.0 Å². The highest BCUT2D eigenvalue weighted by atomic mass is 16.5. The fourth-order valence-electron chi connectivity index (χ4n) is 3.06. The van der Waals surface area contributed by atoms with E-state index in [2.05, 4.69) is 16.7 Å². The molecular weight excluding hydrogens is 252 g/mol. The smallest absolute Gasteiger partial charge is 0.234 e. The molecule has 1 aliphatic heterocycles. The van der Waals surface area contributed by atoms with E-state index in [0.29, 0.717) is 19.1 Å². The van der Waals surface area contributed by atoms with Gasteiger partial charge < -0.3 is 15.4 Å². The highest BCUT2D eigenvalue weighted by Crippen LogP contribution is 2.27. The largest absolute Gasteiger partial charge is 0.488 e. The Morgan fingerprint density at radius 1 is 1.25 bits per heavy atom. The number of benzene rings is 1. The van der Waals surface area contributed by atoms with Crippen molar-refractivity contribution in [1.82, 2.24) is 10.6 Å². The predicted molar refractivity (Wildman–Crippen MR) is 77.8 cm³/mol. The maximum absolute atomic E-state index is 11.8. The van der Waals surface area contributed by atoms with Crippen molar-refractivity contribution < 1.29 is 9.53 Å². The Hall–Kier alpha value is -1.55. The van der Waals surface area contributed by atoms with Crippen LogP contribution in [0.4, 0.5) is 0 Å². The average molecular weight is 274 g/mol. The van der Waals surface area contributed by atoms with E-state index in [4.69, 9.17) is 4.74 Å². The third-order valence-corrected chi connectivity index (χ3v) is 4.09. The van der Waals surface area contributed by atoms with Gasteiger partial charge in [0, 0.05) is 19.0 Å². The molecular formula is C16H22N2O2. The van der Waals surface area contributed by atoms with Gasteiger partial charge in [-0.1, -0.05) is 31.0 Å². The zero-order valence-corrected chi connectivity index (χ0v) is 11.7. The molecule has 3 rings (SSSR count). The van der Waals surface area contributed by atoms with E-state index in [9.17, 15) is 4.79 Å². The van der Waals surface area contributed by atoms with Crippen molar-refractivity contribution in [2.24, 2.45) is 0 Å². The van der Waals surface area contributed by atoms with Gasteiger partial charge in [0.25, 0.3) is 0 Å². The highest BCUT2D eigenvalue weighted by molar-refractivity contribution is 5.78. The molecule has 0 saturated heterocycles. The van der Waals surface area contributed by atoms with Gasteiger partial charge >= 0.3 is 0 Å². The lowest BCUT2D eigenvalue weighted by Gasteiger charge is -2.14. The van der Waals surface area contributed by atoms with Crippen LogP contribution >= 0.6 is 0 Å². The molecule has 1 aliphatic carbocycles. The quantitative estimate of drug-likeness (QED) is 0.858. The monoisotopic (exact) mass is 274 g/mol. The van der Waals surface area contributed by atoms with Crippen LogP contribution in [-0.2, 0) is 11.2 Å². The van der Waals surface area contributed by atoms with Crippen LogP contribution in [0, 0.1) is 0 Å².